The van der Waals surface area contributed by atoms with Crippen LogP contribution in [-0.4, -0.2) is 66.9 Å². The van der Waals surface area contributed by atoms with Crippen LogP contribution in [-0.2, 0) is 20.0 Å². The fraction of sp³-hybridized carbons (Fsp3) is 1.00. The van der Waals surface area contributed by atoms with Gasteiger partial charge in [-0.2, -0.15) is 26.3 Å². The Morgan fingerprint density at radius 2 is 1.12 bits per heavy atom. The summed E-state index contributed by atoms with van der Waals surface area (Å²) in [5.41, 5.74) is -11.5. The van der Waals surface area contributed by atoms with E-state index in [1.807, 2.05) is 0 Å². The van der Waals surface area contributed by atoms with Crippen molar-refractivity contribution in [2.24, 2.45) is 0 Å². The summed E-state index contributed by atoms with van der Waals surface area (Å²) in [5.74, 6) is 0. The number of hydrogen-bond acceptors (Lipinski definition) is 5. The molecule has 2 atom stereocenters. The van der Waals surface area contributed by atoms with E-state index in [4.69, 9.17) is 0 Å². The van der Waals surface area contributed by atoms with Gasteiger partial charge in [-0.1, -0.05) is 12.8 Å². The van der Waals surface area contributed by atoms with E-state index in [-0.39, 0.29) is 33.8 Å². The van der Waals surface area contributed by atoms with Gasteiger partial charge in [0.2, 0.25) is 0 Å². The molecular weight excluding hydrogens is 435 g/mol. The monoisotopic (exact) mass is 451 g/mol. The molecule has 1 aliphatic heterocycles. The zero-order chi connectivity index (χ0) is 20.3. The highest BCUT2D eigenvalue weighted by Gasteiger charge is 2.67. The largest absolute Gasteiger partial charge is 0.512 e. The lowest BCUT2D eigenvalue weighted by Crippen LogP contribution is -2.47. The highest BCUT2D eigenvalue weighted by atomic mass is 32.2. The van der Waals surface area contributed by atoms with E-state index >= 15 is 0 Å². The fourth-order valence-electron chi connectivity index (χ4n) is 3.07. The topological polar surface area (TPSA) is 78.0 Å². The van der Waals surface area contributed by atoms with E-state index in [1.54, 1.807) is 0 Å². The first-order valence-electron chi connectivity index (χ1n) is 7.23. The minimum atomic E-state index is -6.03. The van der Waals surface area contributed by atoms with E-state index < -0.39 is 51.5 Å². The Morgan fingerprint density at radius 1 is 0.808 bits per heavy atom. The van der Waals surface area contributed by atoms with Gasteiger partial charge in [0.25, 0.3) is 0 Å². The highest BCUT2D eigenvalue weighted by Crippen LogP contribution is 2.63. The average Bonchev–Trinajstić information content (AvgIpc) is 2.81. The number of alkyl halides is 6. The first kappa shape index (κ1) is 22.1. The van der Waals surface area contributed by atoms with E-state index in [0.717, 1.165) is 18.8 Å². The molecule has 0 aromatic carbocycles. The Bertz CT molecular complexity index is 694. The molecule has 2 aliphatic rings. The molecule has 1 saturated carbocycles. The first-order chi connectivity index (χ1) is 11.5. The predicted molar refractivity (Wildman–Crippen MR) is 80.3 cm³/mol. The maximum atomic E-state index is 13.1. The molecule has 0 N–H and O–H groups in total. The molecule has 0 spiro atoms. The fourth-order valence-corrected chi connectivity index (χ4v) is 10.2. The zero-order valence-electron chi connectivity index (χ0n) is 13.5. The minimum Gasteiger partial charge on any atom is -0.262 e. The minimum absolute atomic E-state index is 0.0740. The average molecular weight is 451 g/mol. The van der Waals surface area contributed by atoms with Crippen molar-refractivity contribution >= 4 is 28.4 Å². The third-order valence-corrected chi connectivity index (χ3v) is 10.9. The van der Waals surface area contributed by atoms with Crippen LogP contribution >= 0.6 is 8.37 Å². The van der Waals surface area contributed by atoms with Gasteiger partial charge in [-0.3, -0.25) is 4.67 Å². The lowest BCUT2D eigenvalue weighted by Gasteiger charge is -2.34. The molecule has 0 aromatic heterocycles. The number of nitrogens with zero attached hydrogens (tertiary/aromatic N) is 3. The maximum absolute atomic E-state index is 13.1. The van der Waals surface area contributed by atoms with E-state index in [0.29, 0.717) is 0 Å². The number of fused-ring (bicyclic) bond motifs is 1. The molecule has 0 bridgehead atoms. The van der Waals surface area contributed by atoms with Crippen LogP contribution < -0.4 is 0 Å². The molecule has 1 aliphatic carbocycles. The summed E-state index contributed by atoms with van der Waals surface area (Å²) in [6.07, 6.45) is 0.246. The molecule has 154 valence electrons. The van der Waals surface area contributed by atoms with Crippen LogP contribution in [0.5, 0.6) is 0 Å². The molecule has 0 radical (unpaired) electrons. The molecule has 0 amide bonds. The molecule has 26 heavy (non-hydrogen) atoms. The molecule has 2 rings (SSSR count). The maximum Gasteiger partial charge on any atom is 0.512 e. The van der Waals surface area contributed by atoms with Gasteiger partial charge in [0.05, 0.1) is 0 Å². The molecule has 1 saturated heterocycles. The third-order valence-electron chi connectivity index (χ3n) is 4.05. The molecule has 2 fully saturated rings. The Balaban J connectivity index is 2.71. The Labute approximate surface area is 147 Å². The van der Waals surface area contributed by atoms with Crippen molar-refractivity contribution < 1.29 is 43.2 Å². The van der Waals surface area contributed by atoms with Crippen LogP contribution in [0.2, 0.25) is 0 Å². The molecular formula is C10H16F6N3O4PS2. The summed E-state index contributed by atoms with van der Waals surface area (Å²) >= 11 is 0. The first-order valence-corrected chi connectivity index (χ1v) is 11.3. The number of halogens is 6. The SMILES string of the molecule is CN(C)P1N(S(=O)(=O)C(F)(F)F)C2CCCCC2N1S(=O)(=O)C(F)(F)F. The standard InChI is InChI=1S/C10H16F6N3O4PS2/c1-17(2)24-18(25(20,21)9(11,12)13)7-5-3-4-6-8(7)19(24)26(22,23)10(14,15)16/h7-8H,3-6H2,1-2H3. The second kappa shape index (κ2) is 6.69. The van der Waals surface area contributed by atoms with E-state index in [1.165, 1.54) is 0 Å². The van der Waals surface area contributed by atoms with Gasteiger partial charge in [0.1, 0.15) is 8.37 Å². The van der Waals surface area contributed by atoms with Gasteiger partial charge in [-0.25, -0.2) is 16.8 Å². The van der Waals surface area contributed by atoms with E-state index in [9.17, 15) is 43.2 Å². The molecule has 7 nitrogen and oxygen atoms in total. The molecule has 2 unspecified atom stereocenters. The van der Waals surface area contributed by atoms with Crippen molar-refractivity contribution in [2.45, 2.75) is 48.8 Å². The van der Waals surface area contributed by atoms with Crippen molar-refractivity contribution in [1.29, 1.82) is 0 Å². The van der Waals surface area contributed by atoms with Gasteiger partial charge in [-0.15, -0.1) is 8.15 Å². The van der Waals surface area contributed by atoms with Gasteiger partial charge < -0.3 is 0 Å². The zero-order valence-corrected chi connectivity index (χ0v) is 16.0. The van der Waals surface area contributed by atoms with Crippen LogP contribution in [0.3, 0.4) is 0 Å². The molecule has 0 aromatic rings. The van der Waals surface area contributed by atoms with Crippen LogP contribution in [0.1, 0.15) is 25.7 Å². The van der Waals surface area contributed by atoms with Gasteiger partial charge in [0.15, 0.2) is 0 Å². The summed E-state index contributed by atoms with van der Waals surface area (Å²) in [6.45, 7) is 0. The molecule has 16 heteroatoms. The van der Waals surface area contributed by atoms with Crippen molar-refractivity contribution in [2.75, 3.05) is 14.1 Å². The highest BCUT2D eigenvalue weighted by molar-refractivity contribution is 7.99. The van der Waals surface area contributed by atoms with Crippen LogP contribution in [0, 0.1) is 0 Å². The molecule has 1 heterocycles. The van der Waals surface area contributed by atoms with Gasteiger partial charge in [-0.05, 0) is 26.9 Å². The van der Waals surface area contributed by atoms with Crippen molar-refractivity contribution in [1.82, 2.24) is 12.8 Å². The van der Waals surface area contributed by atoms with Crippen molar-refractivity contribution in [3.63, 3.8) is 0 Å². The predicted octanol–water partition coefficient (Wildman–Crippen LogP) is 2.40. The Hall–Kier alpha value is -0.210. The number of sulfonamides is 2. The number of hydrogen-bond donors (Lipinski definition) is 0. The van der Waals surface area contributed by atoms with Crippen LogP contribution in [0.4, 0.5) is 26.3 Å². The lowest BCUT2D eigenvalue weighted by molar-refractivity contribution is -0.0489. The smallest absolute Gasteiger partial charge is 0.262 e. The van der Waals surface area contributed by atoms with E-state index in [2.05, 4.69) is 0 Å². The van der Waals surface area contributed by atoms with Crippen molar-refractivity contribution in [3.05, 3.63) is 0 Å². The Morgan fingerprint density at radius 3 is 1.35 bits per heavy atom. The summed E-state index contributed by atoms with van der Waals surface area (Å²) in [6, 6.07) is -3.00. The second-order valence-corrected chi connectivity index (χ2v) is 12.3. The summed E-state index contributed by atoms with van der Waals surface area (Å²) < 4.78 is 127. The Kier molecular flexibility index (Phi) is 5.68. The lowest BCUT2D eigenvalue weighted by atomic mass is 9.92. The van der Waals surface area contributed by atoms with Gasteiger partial charge in [0, 0.05) is 12.1 Å². The normalized spacial score (nSPS) is 30.0. The van der Waals surface area contributed by atoms with Crippen molar-refractivity contribution in [3.8, 4) is 0 Å². The van der Waals surface area contributed by atoms with Gasteiger partial charge >= 0.3 is 31.1 Å². The summed E-state index contributed by atoms with van der Waals surface area (Å²) in [7, 11) is -13.1. The second-order valence-electron chi connectivity index (χ2n) is 5.98. The summed E-state index contributed by atoms with van der Waals surface area (Å²) in [5, 5.41) is 0. The third kappa shape index (κ3) is 3.34. The van der Waals surface area contributed by atoms with Crippen LogP contribution in [0.25, 0.3) is 0 Å². The summed E-state index contributed by atoms with van der Waals surface area (Å²) in [4.78, 5) is 0. The quantitative estimate of drug-likeness (QED) is 0.487. The van der Waals surface area contributed by atoms with Crippen LogP contribution in [0.15, 0.2) is 0 Å². The number of rotatable bonds is 3.